The first-order chi connectivity index (χ1) is 16.2. The van der Waals surface area contributed by atoms with Crippen LogP contribution in [0.15, 0.2) is 59.6 Å². The van der Waals surface area contributed by atoms with Crippen molar-refractivity contribution in [1.29, 1.82) is 0 Å². The van der Waals surface area contributed by atoms with E-state index in [1.165, 1.54) is 16.7 Å². The van der Waals surface area contributed by atoms with E-state index in [0.29, 0.717) is 18.4 Å². The fourth-order valence-electron chi connectivity index (χ4n) is 4.86. The number of rotatable bonds is 8. The zero-order valence-electron chi connectivity index (χ0n) is 20.2. The molecule has 33 heavy (non-hydrogen) atoms. The molecule has 3 atom stereocenters. The predicted octanol–water partition coefficient (Wildman–Crippen LogP) is 4.97. The van der Waals surface area contributed by atoms with Crippen LogP contribution in [-0.2, 0) is 16.1 Å². The van der Waals surface area contributed by atoms with Crippen LogP contribution in [0.1, 0.15) is 49.0 Å². The van der Waals surface area contributed by atoms with E-state index >= 15 is 0 Å². The van der Waals surface area contributed by atoms with Crippen molar-refractivity contribution in [3.8, 4) is 0 Å². The molecule has 0 saturated carbocycles. The molecule has 3 unspecified atom stereocenters. The van der Waals surface area contributed by atoms with Crippen LogP contribution >= 0.6 is 0 Å². The van der Waals surface area contributed by atoms with Crippen LogP contribution in [0.25, 0.3) is 0 Å². The molecular formula is C28H39N3O2. The summed E-state index contributed by atoms with van der Waals surface area (Å²) in [4.78, 5) is 7.49. The first kappa shape index (κ1) is 23.8. The van der Waals surface area contributed by atoms with Crippen molar-refractivity contribution in [2.24, 2.45) is 16.8 Å². The van der Waals surface area contributed by atoms with Gasteiger partial charge in [0.15, 0.2) is 5.96 Å². The lowest BCUT2D eigenvalue weighted by atomic mass is 9.89. The average Bonchev–Trinajstić information content (AvgIpc) is 3.32. The Kier molecular flexibility index (Phi) is 8.79. The number of nitrogens with one attached hydrogen (secondary N) is 1. The molecule has 5 nitrogen and oxygen atoms in total. The summed E-state index contributed by atoms with van der Waals surface area (Å²) in [5.41, 5.74) is 3.80. The molecule has 2 heterocycles. The molecular weight excluding hydrogens is 410 g/mol. The van der Waals surface area contributed by atoms with Crippen LogP contribution in [0.2, 0.25) is 0 Å². The van der Waals surface area contributed by atoms with Crippen LogP contribution < -0.4 is 5.32 Å². The largest absolute Gasteiger partial charge is 0.376 e. The molecule has 2 aliphatic heterocycles. The molecule has 0 bridgehead atoms. The van der Waals surface area contributed by atoms with Crippen molar-refractivity contribution in [3.05, 3.63) is 71.3 Å². The topological polar surface area (TPSA) is 46.1 Å². The van der Waals surface area contributed by atoms with Gasteiger partial charge < -0.3 is 19.7 Å². The van der Waals surface area contributed by atoms with Crippen LogP contribution in [0.5, 0.6) is 0 Å². The van der Waals surface area contributed by atoms with E-state index in [4.69, 9.17) is 14.5 Å². The molecule has 0 aromatic heterocycles. The fraction of sp³-hybridized carbons (Fsp3) is 0.536. The summed E-state index contributed by atoms with van der Waals surface area (Å²) in [6, 6.07) is 19.2. The molecule has 1 N–H and O–H groups in total. The van der Waals surface area contributed by atoms with Crippen molar-refractivity contribution in [2.45, 2.75) is 45.8 Å². The first-order valence-electron chi connectivity index (χ1n) is 12.6. The lowest BCUT2D eigenvalue weighted by Crippen LogP contribution is -2.41. The highest BCUT2D eigenvalue weighted by Crippen LogP contribution is 2.34. The quantitative estimate of drug-likeness (QED) is 0.457. The standard InChI is InChI=1S/C28H39N3O2/c1-3-29-28(31-16-15-24(19-31)21-32-20-23-8-5-4-6-9-23)30-18-26-10-7-17-33-27(26)25-13-11-22(2)12-14-25/h4-6,8-9,11-14,24,26-27H,3,7,10,15-21H2,1-2H3,(H,29,30). The van der Waals surface area contributed by atoms with Gasteiger partial charge in [0, 0.05) is 44.6 Å². The van der Waals surface area contributed by atoms with Crippen LogP contribution in [0.3, 0.4) is 0 Å². The molecule has 4 rings (SSSR count). The summed E-state index contributed by atoms with van der Waals surface area (Å²) in [5.74, 6) is 2.01. The molecule has 2 aromatic rings. The van der Waals surface area contributed by atoms with Gasteiger partial charge in [0.1, 0.15) is 0 Å². The van der Waals surface area contributed by atoms with Gasteiger partial charge in [-0.15, -0.1) is 0 Å². The van der Waals surface area contributed by atoms with Crippen molar-refractivity contribution >= 4 is 5.96 Å². The number of likely N-dealkylation sites (tertiary alicyclic amines) is 1. The number of aliphatic imine (C=N–C) groups is 1. The average molecular weight is 450 g/mol. The van der Waals surface area contributed by atoms with Crippen molar-refractivity contribution < 1.29 is 9.47 Å². The number of hydrogen-bond acceptors (Lipinski definition) is 3. The molecule has 5 heteroatoms. The number of hydrogen-bond donors (Lipinski definition) is 1. The Labute approximate surface area is 199 Å². The highest BCUT2D eigenvalue weighted by atomic mass is 16.5. The van der Waals surface area contributed by atoms with E-state index in [2.05, 4.69) is 72.6 Å². The molecule has 0 aliphatic carbocycles. The van der Waals surface area contributed by atoms with Gasteiger partial charge in [-0.1, -0.05) is 60.2 Å². The van der Waals surface area contributed by atoms with Gasteiger partial charge in [-0.05, 0) is 44.2 Å². The first-order valence-corrected chi connectivity index (χ1v) is 12.6. The minimum atomic E-state index is 0.142. The van der Waals surface area contributed by atoms with Gasteiger partial charge in [0.25, 0.3) is 0 Å². The maximum Gasteiger partial charge on any atom is 0.193 e. The van der Waals surface area contributed by atoms with Crippen molar-refractivity contribution in [1.82, 2.24) is 10.2 Å². The van der Waals surface area contributed by atoms with E-state index in [1.54, 1.807) is 0 Å². The van der Waals surface area contributed by atoms with E-state index < -0.39 is 0 Å². The summed E-state index contributed by atoms with van der Waals surface area (Å²) in [5, 5.41) is 3.52. The maximum atomic E-state index is 6.21. The van der Waals surface area contributed by atoms with E-state index in [1.807, 2.05) is 6.07 Å². The molecule has 0 amide bonds. The molecule has 2 aromatic carbocycles. The fourth-order valence-corrected chi connectivity index (χ4v) is 4.86. The second kappa shape index (κ2) is 12.2. The third-order valence-electron chi connectivity index (χ3n) is 6.71. The highest BCUT2D eigenvalue weighted by Gasteiger charge is 2.29. The van der Waals surface area contributed by atoms with E-state index in [9.17, 15) is 0 Å². The number of guanidine groups is 1. The van der Waals surface area contributed by atoms with E-state index in [0.717, 1.165) is 64.6 Å². The summed E-state index contributed by atoms with van der Waals surface area (Å²) >= 11 is 0. The summed E-state index contributed by atoms with van der Waals surface area (Å²) in [7, 11) is 0. The van der Waals surface area contributed by atoms with Gasteiger partial charge >= 0.3 is 0 Å². The SMILES string of the molecule is CCNC(=NCC1CCCOC1c1ccc(C)cc1)N1CCC(COCc2ccccc2)C1. The third kappa shape index (κ3) is 6.81. The summed E-state index contributed by atoms with van der Waals surface area (Å²) < 4.78 is 12.2. The Morgan fingerprint density at radius 3 is 2.73 bits per heavy atom. The Morgan fingerprint density at radius 1 is 1.12 bits per heavy atom. The smallest absolute Gasteiger partial charge is 0.193 e. The number of aryl methyl sites for hydroxylation is 1. The van der Waals surface area contributed by atoms with Crippen molar-refractivity contribution in [2.75, 3.05) is 39.4 Å². The Bertz CT molecular complexity index is 868. The predicted molar refractivity (Wildman–Crippen MR) is 134 cm³/mol. The van der Waals surface area contributed by atoms with Gasteiger partial charge in [-0.3, -0.25) is 4.99 Å². The second-order valence-electron chi connectivity index (χ2n) is 9.40. The van der Waals surface area contributed by atoms with Crippen LogP contribution in [0, 0.1) is 18.8 Å². The Balaban J connectivity index is 1.32. The lowest BCUT2D eigenvalue weighted by molar-refractivity contribution is -0.0250. The van der Waals surface area contributed by atoms with Crippen molar-refractivity contribution in [3.63, 3.8) is 0 Å². The van der Waals surface area contributed by atoms with Gasteiger partial charge in [0.05, 0.1) is 19.3 Å². The zero-order valence-corrected chi connectivity index (χ0v) is 20.2. The molecule has 2 saturated heterocycles. The summed E-state index contributed by atoms with van der Waals surface area (Å²) in [6.45, 7) is 10.3. The number of nitrogens with zero attached hydrogens (tertiary/aromatic N) is 2. The van der Waals surface area contributed by atoms with Gasteiger partial charge in [0.2, 0.25) is 0 Å². The highest BCUT2D eigenvalue weighted by molar-refractivity contribution is 5.80. The maximum absolute atomic E-state index is 6.21. The molecule has 0 spiro atoms. The third-order valence-corrected chi connectivity index (χ3v) is 6.71. The minimum Gasteiger partial charge on any atom is -0.376 e. The molecule has 2 fully saturated rings. The second-order valence-corrected chi connectivity index (χ2v) is 9.40. The number of ether oxygens (including phenoxy) is 2. The number of benzene rings is 2. The Hall–Kier alpha value is -2.37. The van der Waals surface area contributed by atoms with Gasteiger partial charge in [-0.2, -0.15) is 0 Å². The monoisotopic (exact) mass is 449 g/mol. The van der Waals surface area contributed by atoms with Gasteiger partial charge in [-0.25, -0.2) is 0 Å². The minimum absolute atomic E-state index is 0.142. The van der Waals surface area contributed by atoms with Crippen LogP contribution in [0.4, 0.5) is 0 Å². The Morgan fingerprint density at radius 2 is 1.94 bits per heavy atom. The summed E-state index contributed by atoms with van der Waals surface area (Å²) in [6.07, 6.45) is 3.57. The molecule has 178 valence electrons. The van der Waals surface area contributed by atoms with E-state index in [-0.39, 0.29) is 6.10 Å². The molecule has 0 radical (unpaired) electrons. The zero-order chi connectivity index (χ0) is 22.9. The lowest BCUT2D eigenvalue weighted by Gasteiger charge is -2.32. The molecule has 2 aliphatic rings. The van der Waals surface area contributed by atoms with Crippen LogP contribution in [-0.4, -0.2) is 50.3 Å². The normalized spacial score (nSPS) is 23.6.